The summed E-state index contributed by atoms with van der Waals surface area (Å²) >= 11 is 0. The molecule has 0 saturated heterocycles. The Morgan fingerprint density at radius 3 is 1.51 bits per heavy atom. The topological polar surface area (TPSA) is 429 Å². The van der Waals surface area contributed by atoms with E-state index in [1.54, 1.807) is 51.1 Å². The molecule has 0 aromatic heterocycles. The van der Waals surface area contributed by atoms with Crippen molar-refractivity contribution in [3.63, 3.8) is 0 Å². The van der Waals surface area contributed by atoms with Crippen molar-refractivity contribution in [3.8, 4) is 0 Å². The Bertz CT molecular complexity index is 2030. The summed E-state index contributed by atoms with van der Waals surface area (Å²) in [6, 6.07) is -3.93. The van der Waals surface area contributed by atoms with E-state index in [1.165, 1.54) is 6.92 Å². The first-order chi connectivity index (χ1) is 34.3. The Kier molecular flexibility index (Phi) is 29.1. The zero-order valence-corrected chi connectivity index (χ0v) is 43.0. The Labute approximate surface area is 426 Å². The molecule has 0 unspecified atom stereocenters. The molecule has 18 N–H and O–H groups in total. The molecule has 1 rings (SSSR count). The van der Waals surface area contributed by atoms with Gasteiger partial charge in [-0.2, -0.15) is 0 Å². The van der Waals surface area contributed by atoms with Gasteiger partial charge in [0, 0.05) is 12.8 Å². The van der Waals surface area contributed by atoms with Crippen molar-refractivity contribution in [1.82, 2.24) is 42.5 Å². The number of carbonyl (C=O) groups is 11. The molecule has 0 spiro atoms. The van der Waals surface area contributed by atoms with E-state index in [-0.39, 0.29) is 37.6 Å². The third-order valence-corrected chi connectivity index (χ3v) is 12.0. The van der Waals surface area contributed by atoms with E-state index in [9.17, 15) is 63.0 Å². The number of carboxylic acids is 1. The molecule has 410 valence electrons. The minimum Gasteiger partial charge on any atom is -0.480 e. The fourth-order valence-corrected chi connectivity index (χ4v) is 7.25. The number of carboxylic acid groups (broad SMARTS) is 1. The van der Waals surface area contributed by atoms with Crippen LogP contribution in [0.15, 0.2) is 30.3 Å². The molecule has 0 radical (unpaired) electrons. The molecule has 11 atom stereocenters. The molecule has 0 bridgehead atoms. The number of nitrogens with one attached hydrogen (secondary N) is 8. The summed E-state index contributed by atoms with van der Waals surface area (Å²) < 4.78 is 0. The minimum atomic E-state index is -1.79. The summed E-state index contributed by atoms with van der Waals surface area (Å²) in [5.41, 5.74) is 23.2. The number of hydrogen-bond donors (Lipinski definition) is 14. The van der Waals surface area contributed by atoms with Crippen molar-refractivity contribution < 1.29 is 63.0 Å². The summed E-state index contributed by atoms with van der Waals surface area (Å²) in [5.74, 6) is -11.3. The number of nitrogens with two attached hydrogens (primary N) is 4. The summed E-state index contributed by atoms with van der Waals surface area (Å²) in [4.78, 5) is 145. The smallest absolute Gasteiger partial charge is 0.328 e. The lowest BCUT2D eigenvalue weighted by atomic mass is 9.94. The molecular formula is C48H80N12O13. The second kappa shape index (κ2) is 33.1. The summed E-state index contributed by atoms with van der Waals surface area (Å²) in [7, 11) is 0. The lowest BCUT2D eigenvalue weighted by Gasteiger charge is -2.31. The largest absolute Gasteiger partial charge is 0.480 e. The van der Waals surface area contributed by atoms with E-state index in [0.29, 0.717) is 31.2 Å². The molecule has 25 heteroatoms. The average Bonchev–Trinajstić information content (AvgIpc) is 3.33. The van der Waals surface area contributed by atoms with Gasteiger partial charge in [0.15, 0.2) is 0 Å². The van der Waals surface area contributed by atoms with Gasteiger partial charge in [-0.15, -0.1) is 0 Å². The average molecular weight is 1030 g/mol. The van der Waals surface area contributed by atoms with E-state index in [0.717, 1.165) is 0 Å². The number of aliphatic hydroxyl groups is 1. The molecule has 1 aromatic rings. The third kappa shape index (κ3) is 23.6. The van der Waals surface area contributed by atoms with E-state index in [2.05, 4.69) is 37.2 Å². The molecule has 0 fully saturated rings. The number of unbranched alkanes of at least 4 members (excludes halogenated alkanes) is 1. The second-order valence-corrected chi connectivity index (χ2v) is 18.7. The molecular weight excluding hydrogens is 953 g/mol. The number of primary amides is 2. The maximum Gasteiger partial charge on any atom is 0.328 e. The quantitative estimate of drug-likeness (QED) is 0.0300. The maximum absolute atomic E-state index is 14.4. The first-order valence-corrected chi connectivity index (χ1v) is 24.6. The van der Waals surface area contributed by atoms with Crippen LogP contribution in [0.3, 0.4) is 0 Å². The van der Waals surface area contributed by atoms with Crippen LogP contribution in [0.25, 0.3) is 0 Å². The van der Waals surface area contributed by atoms with Crippen LogP contribution in [0.1, 0.15) is 112 Å². The van der Waals surface area contributed by atoms with Crippen LogP contribution in [0.5, 0.6) is 0 Å². The van der Waals surface area contributed by atoms with Crippen molar-refractivity contribution in [2.75, 3.05) is 13.2 Å². The molecule has 0 saturated carbocycles. The first-order valence-electron chi connectivity index (χ1n) is 24.6. The first kappa shape index (κ1) is 64.3. The van der Waals surface area contributed by atoms with Gasteiger partial charge in [0.2, 0.25) is 59.1 Å². The summed E-state index contributed by atoms with van der Waals surface area (Å²) in [6.45, 7) is 11.4. The zero-order valence-electron chi connectivity index (χ0n) is 43.0. The number of amides is 10. The molecule has 0 aliphatic heterocycles. The highest BCUT2D eigenvalue weighted by Crippen LogP contribution is 2.15. The van der Waals surface area contributed by atoms with E-state index < -0.39 is 151 Å². The minimum absolute atomic E-state index is 0.0661. The van der Waals surface area contributed by atoms with Crippen LogP contribution in [-0.2, 0) is 59.2 Å². The van der Waals surface area contributed by atoms with Gasteiger partial charge in [-0.3, -0.25) is 47.9 Å². The van der Waals surface area contributed by atoms with Gasteiger partial charge >= 0.3 is 5.97 Å². The molecule has 0 aliphatic carbocycles. The molecule has 0 heterocycles. The van der Waals surface area contributed by atoms with Crippen LogP contribution in [0.2, 0.25) is 0 Å². The Morgan fingerprint density at radius 2 is 1.01 bits per heavy atom. The van der Waals surface area contributed by atoms with Gasteiger partial charge in [0.25, 0.3) is 0 Å². The van der Waals surface area contributed by atoms with Crippen LogP contribution in [-0.4, -0.2) is 143 Å². The van der Waals surface area contributed by atoms with Gasteiger partial charge < -0.3 is 75.7 Å². The molecule has 73 heavy (non-hydrogen) atoms. The highest BCUT2D eigenvalue weighted by Gasteiger charge is 2.37. The van der Waals surface area contributed by atoms with E-state index >= 15 is 0 Å². The number of aliphatic carboxylic acids is 1. The van der Waals surface area contributed by atoms with Crippen molar-refractivity contribution in [3.05, 3.63) is 35.9 Å². The van der Waals surface area contributed by atoms with Crippen LogP contribution in [0.4, 0.5) is 0 Å². The van der Waals surface area contributed by atoms with Crippen LogP contribution < -0.4 is 65.5 Å². The van der Waals surface area contributed by atoms with Crippen LogP contribution >= 0.6 is 0 Å². The number of rotatable bonds is 35. The molecule has 25 nitrogen and oxygen atoms in total. The zero-order chi connectivity index (χ0) is 55.5. The highest BCUT2D eigenvalue weighted by molar-refractivity contribution is 5.99. The standard InChI is InChI=1S/C48H80N12O13/c1-8-26(5)38(60-47(71)39(27(6)9-2)59-41(65)30(50)21-25(3)4)46(70)57-33(22-29-15-11-10-12-16-29)44(68)54-31(17-13-14-20-49)43(67)56-34(23-37(52)63)45(69)55-32(18-19-36(51)62)42(66)53-28(7)40(64)58-35(24-61)48(72)73/h10-12,15-16,25-28,30-35,38-39,61H,8-9,13-14,17-24,49-50H2,1-7H3,(H2,51,62)(H2,52,63)(H,53,66)(H,54,68)(H,55,69)(H,56,67)(H,57,70)(H,58,64)(H,59,65)(H,60,71)(H,72,73)/t26-,27-,28-,30-,31-,32-,33-,34-,35-,38-,39-/m0/s1. The normalized spacial score (nSPS) is 15.7. The Morgan fingerprint density at radius 1 is 0.548 bits per heavy atom. The Balaban J connectivity index is 3.58. The molecule has 1 aromatic carbocycles. The number of hydrogen-bond acceptors (Lipinski definition) is 14. The fraction of sp³-hybridized carbons (Fsp3) is 0.646. The van der Waals surface area contributed by atoms with Crippen molar-refractivity contribution >= 4 is 65.0 Å². The SMILES string of the molecule is CC[C@H](C)[C@H](NC(=O)[C@@H](NC(=O)[C@@H](N)CC(C)C)[C@@H](C)CC)C(=O)N[C@@H](Cc1ccccc1)C(=O)N[C@@H](CCCCN)C(=O)N[C@@H](CC(N)=O)C(=O)N[C@@H](CCC(N)=O)C(=O)N[C@@H](C)C(=O)N[C@@H](CO)C(=O)O. The summed E-state index contributed by atoms with van der Waals surface area (Å²) in [6.07, 6.45) is 0.0223. The van der Waals surface area contributed by atoms with Gasteiger partial charge in [-0.05, 0) is 68.9 Å². The van der Waals surface area contributed by atoms with Crippen molar-refractivity contribution in [2.45, 2.75) is 167 Å². The lowest BCUT2D eigenvalue weighted by Crippen LogP contribution is -2.62. The van der Waals surface area contributed by atoms with Gasteiger partial charge in [0.1, 0.15) is 48.3 Å². The predicted octanol–water partition coefficient (Wildman–Crippen LogP) is -3.06. The number of aliphatic hydroxyl groups excluding tert-OH is 1. The number of benzene rings is 1. The van der Waals surface area contributed by atoms with Crippen LogP contribution in [0, 0.1) is 17.8 Å². The third-order valence-electron chi connectivity index (χ3n) is 12.0. The summed E-state index contributed by atoms with van der Waals surface area (Å²) in [5, 5.41) is 38.4. The van der Waals surface area contributed by atoms with Gasteiger partial charge in [-0.1, -0.05) is 84.7 Å². The monoisotopic (exact) mass is 1030 g/mol. The predicted molar refractivity (Wildman–Crippen MR) is 267 cm³/mol. The van der Waals surface area contributed by atoms with Crippen molar-refractivity contribution in [2.24, 2.45) is 40.7 Å². The highest BCUT2D eigenvalue weighted by atomic mass is 16.4. The van der Waals surface area contributed by atoms with E-state index in [1.807, 2.05) is 26.1 Å². The van der Waals surface area contributed by atoms with Gasteiger partial charge in [0.05, 0.1) is 19.1 Å². The lowest BCUT2D eigenvalue weighted by molar-refractivity contribution is -0.143. The fourth-order valence-electron chi connectivity index (χ4n) is 7.25. The molecule has 10 amide bonds. The maximum atomic E-state index is 14.4. The Hall–Kier alpha value is -6.73. The van der Waals surface area contributed by atoms with Gasteiger partial charge in [-0.25, -0.2) is 4.79 Å². The van der Waals surface area contributed by atoms with E-state index in [4.69, 9.17) is 22.9 Å². The van der Waals surface area contributed by atoms with Crippen molar-refractivity contribution in [1.29, 1.82) is 0 Å². The second-order valence-electron chi connectivity index (χ2n) is 18.7. The number of carbonyl (C=O) groups excluding carboxylic acids is 10. The molecule has 0 aliphatic rings.